The molecule has 192 valence electrons. The van der Waals surface area contributed by atoms with Gasteiger partial charge in [0.25, 0.3) is 5.92 Å². The maximum Gasteiger partial charge on any atom is 0.281 e. The van der Waals surface area contributed by atoms with Crippen molar-refractivity contribution in [2.75, 3.05) is 24.4 Å². The molecule has 0 unspecified atom stereocenters. The molecule has 0 bridgehead atoms. The molecule has 2 aromatic carbocycles. The average molecular weight is 506 g/mol. The number of carbonyl (C=O) groups is 1. The summed E-state index contributed by atoms with van der Waals surface area (Å²) in [6.45, 7) is 6.17. The Hall–Kier alpha value is -4.27. The van der Waals surface area contributed by atoms with Crippen LogP contribution in [0.25, 0.3) is 0 Å². The summed E-state index contributed by atoms with van der Waals surface area (Å²) < 4.78 is 35.8. The van der Waals surface area contributed by atoms with Gasteiger partial charge >= 0.3 is 0 Å². The Morgan fingerprint density at radius 1 is 1.24 bits per heavy atom. The Bertz CT molecular complexity index is 1340. The second kappa shape index (κ2) is 10.8. The molecule has 0 aliphatic carbocycles. The standard InChI is InChI=1S/C28H29F2N5O2/c1-5-7-13-28(29,30)24-16-31-27(32-21-9-8-10-23(15-21)37-4)33-26(24)34(3)22-12-11-19-17-35(25(36)6-2)18-20(19)14-22/h5-12,14-16H,2,13,17-18H2,1,3-4H3,(H,31,32,33). The molecule has 1 aromatic heterocycles. The van der Waals surface area contributed by atoms with Crippen LogP contribution >= 0.6 is 0 Å². The van der Waals surface area contributed by atoms with Gasteiger partial charge in [-0.2, -0.15) is 4.98 Å². The van der Waals surface area contributed by atoms with Gasteiger partial charge in [0.05, 0.1) is 12.7 Å². The number of nitrogens with zero attached hydrogens (tertiary/aromatic N) is 4. The SMILES string of the molecule is C=CC(=O)N1Cc2ccc(N(C)c3nc(Nc4cccc(OC)c4)ncc3C(F)(F)CC=CC)cc2C1. The summed E-state index contributed by atoms with van der Waals surface area (Å²) in [5, 5.41) is 3.07. The summed E-state index contributed by atoms with van der Waals surface area (Å²) in [4.78, 5) is 24.1. The number of halogens is 2. The summed E-state index contributed by atoms with van der Waals surface area (Å²) in [7, 11) is 3.25. The molecule has 0 atom stereocenters. The fourth-order valence-corrected chi connectivity index (χ4v) is 4.15. The summed E-state index contributed by atoms with van der Waals surface area (Å²) in [6.07, 6.45) is 5.00. The highest BCUT2D eigenvalue weighted by molar-refractivity contribution is 5.87. The molecule has 1 N–H and O–H groups in total. The first-order valence-electron chi connectivity index (χ1n) is 11.8. The molecule has 7 nitrogen and oxygen atoms in total. The van der Waals surface area contributed by atoms with Crippen molar-refractivity contribution in [2.24, 2.45) is 0 Å². The molecule has 0 fully saturated rings. The molecule has 0 saturated heterocycles. The number of alkyl halides is 2. The van der Waals surface area contributed by atoms with Gasteiger partial charge in [0.15, 0.2) is 0 Å². The molecule has 0 spiro atoms. The molecule has 0 radical (unpaired) electrons. The monoisotopic (exact) mass is 505 g/mol. The summed E-state index contributed by atoms with van der Waals surface area (Å²) in [5.41, 5.74) is 3.00. The molecule has 9 heteroatoms. The van der Waals surface area contributed by atoms with Crippen LogP contribution < -0.4 is 15.0 Å². The van der Waals surface area contributed by atoms with Crippen molar-refractivity contribution in [3.8, 4) is 5.75 Å². The van der Waals surface area contributed by atoms with Crippen LogP contribution in [0.4, 0.5) is 31.9 Å². The highest BCUT2D eigenvalue weighted by Gasteiger charge is 2.36. The van der Waals surface area contributed by atoms with Crippen LogP contribution in [-0.2, 0) is 23.8 Å². The zero-order chi connectivity index (χ0) is 26.6. The van der Waals surface area contributed by atoms with Gasteiger partial charge in [-0.1, -0.05) is 30.9 Å². The molecule has 37 heavy (non-hydrogen) atoms. The zero-order valence-corrected chi connectivity index (χ0v) is 21.0. The predicted molar refractivity (Wildman–Crippen MR) is 141 cm³/mol. The van der Waals surface area contributed by atoms with Gasteiger partial charge in [-0.15, -0.1) is 0 Å². The van der Waals surface area contributed by atoms with Gasteiger partial charge in [0.1, 0.15) is 11.6 Å². The lowest BCUT2D eigenvalue weighted by molar-refractivity contribution is -0.126. The van der Waals surface area contributed by atoms with Gasteiger partial charge in [-0.05, 0) is 48.4 Å². The van der Waals surface area contributed by atoms with Gasteiger partial charge in [-0.25, -0.2) is 13.8 Å². The van der Waals surface area contributed by atoms with E-state index in [2.05, 4.69) is 21.9 Å². The smallest absolute Gasteiger partial charge is 0.281 e. The normalized spacial score (nSPS) is 12.9. The number of nitrogens with one attached hydrogen (secondary N) is 1. The van der Waals surface area contributed by atoms with Crippen molar-refractivity contribution in [1.82, 2.24) is 14.9 Å². The number of rotatable bonds is 9. The topological polar surface area (TPSA) is 70.6 Å². The minimum Gasteiger partial charge on any atom is -0.497 e. The number of amides is 1. The number of carbonyl (C=O) groups excluding carboxylic acids is 1. The first kappa shape index (κ1) is 25.8. The van der Waals surface area contributed by atoms with Gasteiger partial charge in [-0.3, -0.25) is 4.79 Å². The van der Waals surface area contributed by atoms with E-state index in [0.29, 0.717) is 30.2 Å². The average Bonchev–Trinajstić information content (AvgIpc) is 3.34. The van der Waals surface area contributed by atoms with E-state index >= 15 is 8.78 Å². The van der Waals surface area contributed by atoms with Crippen molar-refractivity contribution >= 4 is 29.0 Å². The highest BCUT2D eigenvalue weighted by atomic mass is 19.3. The lowest BCUT2D eigenvalue weighted by atomic mass is 10.1. The molecule has 1 aliphatic heterocycles. The van der Waals surface area contributed by atoms with Crippen molar-refractivity contribution < 1.29 is 18.3 Å². The molecule has 1 aliphatic rings. The third-order valence-corrected chi connectivity index (χ3v) is 6.20. The number of hydrogen-bond donors (Lipinski definition) is 1. The lowest BCUT2D eigenvalue weighted by Crippen LogP contribution is -2.22. The number of hydrogen-bond acceptors (Lipinski definition) is 6. The van der Waals surface area contributed by atoms with E-state index in [1.807, 2.05) is 18.2 Å². The molecule has 1 amide bonds. The van der Waals surface area contributed by atoms with Crippen LogP contribution in [0.5, 0.6) is 5.75 Å². The van der Waals surface area contributed by atoms with E-state index in [0.717, 1.165) is 11.1 Å². The Labute approximate surface area is 215 Å². The number of ether oxygens (including phenoxy) is 1. The number of methoxy groups -OCH3 is 1. The Kier molecular flexibility index (Phi) is 7.52. The van der Waals surface area contributed by atoms with Crippen LogP contribution in [0.15, 0.2) is 73.5 Å². The largest absolute Gasteiger partial charge is 0.497 e. The third-order valence-electron chi connectivity index (χ3n) is 6.20. The van der Waals surface area contributed by atoms with Crippen molar-refractivity contribution in [3.05, 3.63) is 90.2 Å². The number of aromatic nitrogens is 2. The molecule has 3 aromatic rings. The van der Waals surface area contributed by atoms with Crippen molar-refractivity contribution in [3.63, 3.8) is 0 Å². The van der Waals surface area contributed by atoms with E-state index in [-0.39, 0.29) is 23.2 Å². The van der Waals surface area contributed by atoms with Crippen LogP contribution in [0.3, 0.4) is 0 Å². The second-order valence-electron chi connectivity index (χ2n) is 8.68. The number of allylic oxidation sites excluding steroid dienone is 2. The summed E-state index contributed by atoms with van der Waals surface area (Å²) in [5.74, 6) is -2.45. The van der Waals surface area contributed by atoms with E-state index in [9.17, 15) is 4.79 Å². The minimum absolute atomic E-state index is 0.0758. The first-order chi connectivity index (χ1) is 17.7. The van der Waals surface area contributed by atoms with Crippen molar-refractivity contribution in [2.45, 2.75) is 32.4 Å². The summed E-state index contributed by atoms with van der Waals surface area (Å²) >= 11 is 0. The van der Waals surface area contributed by atoms with Gasteiger partial charge in [0.2, 0.25) is 11.9 Å². The quantitative estimate of drug-likeness (QED) is 0.281. The van der Waals surface area contributed by atoms with Gasteiger partial charge < -0.3 is 19.9 Å². The molecule has 4 rings (SSSR count). The number of benzene rings is 2. The zero-order valence-electron chi connectivity index (χ0n) is 21.0. The predicted octanol–water partition coefficient (Wildman–Crippen LogP) is 6.08. The number of fused-ring (bicyclic) bond motifs is 1. The fourth-order valence-electron chi connectivity index (χ4n) is 4.15. The molecular formula is C28H29F2N5O2. The van der Waals surface area contributed by atoms with Crippen LogP contribution in [0.2, 0.25) is 0 Å². The second-order valence-corrected chi connectivity index (χ2v) is 8.68. The van der Waals surface area contributed by atoms with Crippen LogP contribution in [0, 0.1) is 0 Å². The number of anilines is 4. The van der Waals surface area contributed by atoms with E-state index in [1.54, 1.807) is 61.2 Å². The van der Waals surface area contributed by atoms with Gasteiger partial charge in [0, 0.05) is 50.2 Å². The third kappa shape index (κ3) is 5.61. The fraction of sp³-hybridized carbons (Fsp3) is 0.250. The highest BCUT2D eigenvalue weighted by Crippen LogP contribution is 2.40. The molecule has 2 heterocycles. The molecular weight excluding hydrogens is 476 g/mol. The summed E-state index contributed by atoms with van der Waals surface area (Å²) in [6, 6.07) is 12.8. The van der Waals surface area contributed by atoms with E-state index in [1.165, 1.54) is 18.3 Å². The van der Waals surface area contributed by atoms with Crippen LogP contribution in [-0.4, -0.2) is 34.9 Å². The van der Waals surface area contributed by atoms with Crippen LogP contribution in [0.1, 0.15) is 30.0 Å². The Balaban J connectivity index is 1.71. The van der Waals surface area contributed by atoms with Crippen molar-refractivity contribution in [1.29, 1.82) is 0 Å². The van der Waals surface area contributed by atoms with E-state index < -0.39 is 12.3 Å². The lowest BCUT2D eigenvalue weighted by Gasteiger charge is -2.25. The minimum atomic E-state index is -3.19. The Morgan fingerprint density at radius 3 is 2.76 bits per heavy atom. The first-order valence-corrected chi connectivity index (χ1v) is 11.8. The maximum absolute atomic E-state index is 15.3. The Morgan fingerprint density at radius 2 is 2.03 bits per heavy atom. The molecule has 0 saturated carbocycles. The maximum atomic E-state index is 15.3. The van der Waals surface area contributed by atoms with E-state index in [4.69, 9.17) is 4.74 Å².